The summed E-state index contributed by atoms with van der Waals surface area (Å²) in [5, 5.41) is 12.8. The summed E-state index contributed by atoms with van der Waals surface area (Å²) in [5.74, 6) is 1.24. The quantitative estimate of drug-likeness (QED) is 0.816. The minimum absolute atomic E-state index is 0.224. The van der Waals surface area contributed by atoms with Crippen molar-refractivity contribution in [2.75, 3.05) is 13.2 Å². The van der Waals surface area contributed by atoms with Gasteiger partial charge in [-0.05, 0) is 49.9 Å². The number of carbonyl (C=O) groups excluding carboxylic acids is 1. The molecule has 120 valence electrons. The predicted molar refractivity (Wildman–Crippen MR) is 84.0 cm³/mol. The van der Waals surface area contributed by atoms with Crippen LogP contribution in [0.25, 0.3) is 0 Å². The van der Waals surface area contributed by atoms with Gasteiger partial charge in [0.1, 0.15) is 18.1 Å². The summed E-state index contributed by atoms with van der Waals surface area (Å²) in [7, 11) is 0. The maximum Gasteiger partial charge on any atom is 0.219 e. The summed E-state index contributed by atoms with van der Waals surface area (Å²) in [6.07, 6.45) is 4.39. The molecule has 3 rings (SSSR count). The highest BCUT2D eigenvalue weighted by atomic mass is 16.5. The molecule has 2 saturated heterocycles. The van der Waals surface area contributed by atoms with E-state index < -0.39 is 0 Å². The number of rotatable bonds is 5. The molecule has 0 aromatic heterocycles. The van der Waals surface area contributed by atoms with Gasteiger partial charge in [0.15, 0.2) is 0 Å². The largest absolute Gasteiger partial charge is 0.508 e. The second-order valence-corrected chi connectivity index (χ2v) is 6.28. The lowest BCUT2D eigenvalue weighted by Gasteiger charge is -2.38. The Morgan fingerprint density at radius 3 is 2.50 bits per heavy atom. The van der Waals surface area contributed by atoms with Crippen LogP contribution < -0.4 is 10.1 Å². The molecule has 2 bridgehead atoms. The van der Waals surface area contributed by atoms with E-state index in [-0.39, 0.29) is 11.7 Å². The van der Waals surface area contributed by atoms with Crippen LogP contribution in [0, 0.1) is 0 Å². The molecule has 2 heterocycles. The molecule has 0 radical (unpaired) electrons. The fourth-order valence-corrected chi connectivity index (χ4v) is 3.83. The summed E-state index contributed by atoms with van der Waals surface area (Å²) >= 11 is 0. The molecule has 5 nitrogen and oxygen atoms in total. The molecule has 1 amide bonds. The molecule has 1 aromatic rings. The molecule has 22 heavy (non-hydrogen) atoms. The number of phenolic OH excluding ortho intramolecular Hbond substituents is 1. The number of nitrogens with zero attached hydrogens (tertiary/aromatic N) is 1. The van der Waals surface area contributed by atoms with E-state index in [1.807, 2.05) is 0 Å². The van der Waals surface area contributed by atoms with E-state index in [1.165, 1.54) is 0 Å². The number of piperidine rings is 1. The highest BCUT2D eigenvalue weighted by molar-refractivity contribution is 5.74. The van der Waals surface area contributed by atoms with E-state index in [0.717, 1.165) is 38.0 Å². The lowest BCUT2D eigenvalue weighted by Crippen LogP contribution is -2.51. The fraction of sp³-hybridized carbons (Fsp3) is 0.588. The third kappa shape index (κ3) is 3.35. The minimum atomic E-state index is 0.224. The van der Waals surface area contributed by atoms with Crippen LogP contribution in [-0.2, 0) is 4.79 Å². The van der Waals surface area contributed by atoms with Gasteiger partial charge < -0.3 is 20.1 Å². The van der Waals surface area contributed by atoms with E-state index in [0.29, 0.717) is 24.7 Å². The van der Waals surface area contributed by atoms with Crippen LogP contribution in [-0.4, -0.2) is 47.2 Å². The van der Waals surface area contributed by atoms with Gasteiger partial charge >= 0.3 is 0 Å². The van der Waals surface area contributed by atoms with Crippen molar-refractivity contribution in [2.45, 2.75) is 50.7 Å². The number of amides is 1. The Balaban J connectivity index is 1.40. The summed E-state index contributed by atoms with van der Waals surface area (Å²) in [6, 6.07) is 8.10. The van der Waals surface area contributed by atoms with Gasteiger partial charge in [-0.15, -0.1) is 0 Å². The Morgan fingerprint density at radius 1 is 1.27 bits per heavy atom. The van der Waals surface area contributed by atoms with Crippen LogP contribution in [0.4, 0.5) is 0 Å². The molecule has 2 N–H and O–H groups in total. The van der Waals surface area contributed by atoms with E-state index in [2.05, 4.69) is 10.2 Å². The Bertz CT molecular complexity index is 503. The van der Waals surface area contributed by atoms with Crippen LogP contribution in [0.15, 0.2) is 24.3 Å². The van der Waals surface area contributed by atoms with Gasteiger partial charge in [-0.2, -0.15) is 0 Å². The Hall–Kier alpha value is -1.75. The second kappa shape index (κ2) is 6.57. The first-order valence-electron chi connectivity index (χ1n) is 8.07. The van der Waals surface area contributed by atoms with Gasteiger partial charge in [0, 0.05) is 31.6 Å². The molecular weight excluding hydrogens is 280 g/mol. The molecule has 0 saturated carbocycles. The number of hydrogen-bond acceptors (Lipinski definition) is 4. The number of nitrogens with one attached hydrogen (secondary N) is 1. The zero-order chi connectivity index (χ0) is 15.5. The Morgan fingerprint density at radius 2 is 1.91 bits per heavy atom. The Labute approximate surface area is 131 Å². The number of fused-ring (bicyclic) bond motifs is 2. The van der Waals surface area contributed by atoms with Gasteiger partial charge in [-0.1, -0.05) is 0 Å². The van der Waals surface area contributed by atoms with E-state index >= 15 is 0 Å². The molecule has 0 spiro atoms. The topological polar surface area (TPSA) is 61.8 Å². The molecule has 0 aliphatic carbocycles. The van der Waals surface area contributed by atoms with Crippen LogP contribution in [0.2, 0.25) is 0 Å². The first kappa shape index (κ1) is 15.2. The fourth-order valence-electron chi connectivity index (χ4n) is 3.83. The van der Waals surface area contributed by atoms with Gasteiger partial charge in [0.05, 0.1) is 0 Å². The highest BCUT2D eigenvalue weighted by Crippen LogP contribution is 2.35. The average molecular weight is 304 g/mol. The molecular formula is C17H24N2O3. The van der Waals surface area contributed by atoms with E-state index in [9.17, 15) is 9.90 Å². The first-order valence-corrected chi connectivity index (χ1v) is 8.07. The standard InChI is InChI=1S/C17H24N2O3/c1-12(20)19-14-2-3-15(19)11-13(10-14)18-8-9-22-17-6-4-16(21)5-7-17/h4-7,13-15,18,21H,2-3,8-11H2,1H3/t13?,14-,15+. The van der Waals surface area contributed by atoms with E-state index in [1.54, 1.807) is 31.2 Å². The van der Waals surface area contributed by atoms with Gasteiger partial charge in [0.25, 0.3) is 0 Å². The average Bonchev–Trinajstić information content (AvgIpc) is 2.77. The monoisotopic (exact) mass is 304 g/mol. The van der Waals surface area contributed by atoms with Crippen molar-refractivity contribution in [3.63, 3.8) is 0 Å². The van der Waals surface area contributed by atoms with Crippen molar-refractivity contribution < 1.29 is 14.6 Å². The maximum atomic E-state index is 11.7. The predicted octanol–water partition coefficient (Wildman–Crippen LogP) is 1.90. The first-order chi connectivity index (χ1) is 10.6. The molecule has 2 fully saturated rings. The lowest BCUT2D eigenvalue weighted by atomic mass is 9.97. The summed E-state index contributed by atoms with van der Waals surface area (Å²) in [5.41, 5.74) is 0. The molecule has 3 atom stereocenters. The van der Waals surface area contributed by atoms with Crippen molar-refractivity contribution >= 4 is 5.91 Å². The summed E-state index contributed by atoms with van der Waals surface area (Å²) in [6.45, 7) is 3.09. The molecule has 1 aromatic carbocycles. The zero-order valence-electron chi connectivity index (χ0n) is 13.0. The normalized spacial score (nSPS) is 27.0. The van der Waals surface area contributed by atoms with Crippen molar-refractivity contribution in [3.8, 4) is 11.5 Å². The van der Waals surface area contributed by atoms with Gasteiger partial charge in [-0.25, -0.2) is 0 Å². The van der Waals surface area contributed by atoms with Crippen LogP contribution >= 0.6 is 0 Å². The number of ether oxygens (including phenoxy) is 1. The van der Waals surface area contributed by atoms with E-state index in [4.69, 9.17) is 4.74 Å². The molecule has 1 unspecified atom stereocenters. The summed E-state index contributed by atoms with van der Waals surface area (Å²) in [4.78, 5) is 13.8. The highest BCUT2D eigenvalue weighted by Gasteiger charge is 2.41. The van der Waals surface area contributed by atoms with Crippen LogP contribution in [0.3, 0.4) is 0 Å². The van der Waals surface area contributed by atoms with Crippen molar-refractivity contribution in [1.29, 1.82) is 0 Å². The number of phenols is 1. The third-order valence-electron chi connectivity index (χ3n) is 4.74. The number of carbonyl (C=O) groups is 1. The minimum Gasteiger partial charge on any atom is -0.508 e. The van der Waals surface area contributed by atoms with Gasteiger partial charge in [-0.3, -0.25) is 4.79 Å². The van der Waals surface area contributed by atoms with Crippen molar-refractivity contribution in [3.05, 3.63) is 24.3 Å². The smallest absolute Gasteiger partial charge is 0.219 e. The molecule has 2 aliphatic rings. The second-order valence-electron chi connectivity index (χ2n) is 6.28. The third-order valence-corrected chi connectivity index (χ3v) is 4.74. The van der Waals surface area contributed by atoms with Crippen molar-refractivity contribution in [1.82, 2.24) is 10.2 Å². The van der Waals surface area contributed by atoms with Crippen molar-refractivity contribution in [2.24, 2.45) is 0 Å². The number of aromatic hydroxyl groups is 1. The van der Waals surface area contributed by atoms with Gasteiger partial charge in [0.2, 0.25) is 5.91 Å². The lowest BCUT2D eigenvalue weighted by molar-refractivity contribution is -0.133. The SMILES string of the molecule is CC(=O)N1[C@@H]2CC[C@H]1CC(NCCOc1ccc(O)cc1)C2. The maximum absolute atomic E-state index is 11.7. The molecule has 5 heteroatoms. The number of benzene rings is 1. The summed E-state index contributed by atoms with van der Waals surface area (Å²) < 4.78 is 5.64. The number of hydrogen-bond donors (Lipinski definition) is 2. The van der Waals surface area contributed by atoms with Crippen LogP contribution in [0.1, 0.15) is 32.6 Å². The van der Waals surface area contributed by atoms with Crippen LogP contribution in [0.5, 0.6) is 11.5 Å². The zero-order valence-corrected chi connectivity index (χ0v) is 13.0. The Kier molecular flexibility index (Phi) is 4.52. The molecule has 2 aliphatic heterocycles.